The van der Waals surface area contributed by atoms with E-state index < -0.39 is 0 Å². The monoisotopic (exact) mass is 199 g/mol. The molecule has 0 bridgehead atoms. The van der Waals surface area contributed by atoms with Gasteiger partial charge in [0.25, 0.3) is 0 Å². The molecule has 0 heterocycles. The molecule has 3 radical (unpaired) electrons. The summed E-state index contributed by atoms with van der Waals surface area (Å²) in [6.45, 7) is 8.83. The molecule has 0 rings (SSSR count). The highest BCUT2D eigenvalue weighted by molar-refractivity contribution is 6.08. The van der Waals surface area contributed by atoms with Crippen LogP contribution in [0, 0.1) is 0 Å². The first-order valence-electron chi connectivity index (χ1n) is 5.30. The van der Waals surface area contributed by atoms with Crippen molar-refractivity contribution in [1.29, 1.82) is 0 Å². The molecule has 13 heavy (non-hydrogen) atoms. The van der Waals surface area contributed by atoms with Crippen molar-refractivity contribution in [3.63, 3.8) is 0 Å². The van der Waals surface area contributed by atoms with Crippen molar-refractivity contribution in [3.8, 4) is 0 Å². The summed E-state index contributed by atoms with van der Waals surface area (Å²) in [6.07, 6.45) is 2.73. The van der Waals surface area contributed by atoms with Gasteiger partial charge in [0.1, 0.15) is 0 Å². The van der Waals surface area contributed by atoms with E-state index in [1.807, 2.05) is 0 Å². The van der Waals surface area contributed by atoms with E-state index in [1.54, 1.807) is 0 Å². The van der Waals surface area contributed by atoms with Crippen LogP contribution < -0.4 is 10.6 Å². The summed E-state index contributed by atoms with van der Waals surface area (Å²) in [4.78, 5) is 0. The maximum absolute atomic E-state index is 3.55. The third-order valence-electron chi connectivity index (χ3n) is 2.40. The van der Waals surface area contributed by atoms with Crippen LogP contribution in [-0.4, -0.2) is 28.5 Å². The molecule has 0 aliphatic carbocycles. The summed E-state index contributed by atoms with van der Waals surface area (Å²) in [5.41, 5.74) is 0. The van der Waals surface area contributed by atoms with Crippen molar-refractivity contribution in [2.24, 2.45) is 0 Å². The molecule has 0 saturated carbocycles. The fraction of sp³-hybridized carbons (Fsp3) is 1.00. The van der Waals surface area contributed by atoms with Gasteiger partial charge in [-0.05, 0) is 32.7 Å². The molecule has 0 aromatic carbocycles. The van der Waals surface area contributed by atoms with Gasteiger partial charge in [0.2, 0.25) is 0 Å². The molecule has 0 aromatic rings. The zero-order chi connectivity index (χ0) is 10.3. The average Bonchev–Trinajstić information content (AvgIpc) is 2.16. The summed E-state index contributed by atoms with van der Waals surface area (Å²) in [5, 5.41) is 7.04. The molecule has 3 heteroatoms. The second-order valence-electron chi connectivity index (χ2n) is 3.71. The Kier molecular flexibility index (Phi) is 7.61. The van der Waals surface area contributed by atoms with Crippen LogP contribution in [0.1, 0.15) is 40.5 Å². The van der Waals surface area contributed by atoms with Gasteiger partial charge in [-0.3, -0.25) is 10.6 Å². The summed E-state index contributed by atoms with van der Waals surface area (Å²) >= 11 is 0. The summed E-state index contributed by atoms with van der Waals surface area (Å²) in [5.74, 6) is 0. The van der Waals surface area contributed by atoms with E-state index in [0.717, 1.165) is 6.04 Å². The van der Waals surface area contributed by atoms with Crippen LogP contribution in [0.3, 0.4) is 0 Å². The van der Waals surface area contributed by atoms with E-state index in [2.05, 4.69) is 48.6 Å². The van der Waals surface area contributed by atoms with Crippen LogP contribution in [0.5, 0.6) is 0 Å². The molecule has 2 unspecified atom stereocenters. The highest BCUT2D eigenvalue weighted by Gasteiger charge is 2.10. The van der Waals surface area contributed by atoms with Crippen molar-refractivity contribution in [1.82, 2.24) is 10.6 Å². The minimum Gasteiger partial charge on any atom is -0.300 e. The number of nitrogens with one attached hydrogen (secondary N) is 2. The van der Waals surface area contributed by atoms with Gasteiger partial charge in [-0.2, -0.15) is 0 Å². The maximum atomic E-state index is 3.55. The first-order valence-corrected chi connectivity index (χ1v) is 6.01. The molecule has 0 aliphatic rings. The first kappa shape index (κ1) is 13.1. The van der Waals surface area contributed by atoms with Gasteiger partial charge in [0, 0.05) is 22.3 Å². The predicted molar refractivity (Wildman–Crippen MR) is 60.1 cm³/mol. The molecule has 0 aromatic heterocycles. The van der Waals surface area contributed by atoms with Crippen LogP contribution in [0.2, 0.25) is 6.04 Å². The van der Waals surface area contributed by atoms with Gasteiger partial charge < -0.3 is 0 Å². The minimum atomic E-state index is 0.390. The van der Waals surface area contributed by atoms with Crippen LogP contribution in [0.15, 0.2) is 0 Å². The van der Waals surface area contributed by atoms with Crippen molar-refractivity contribution in [2.45, 2.75) is 64.8 Å². The molecule has 0 saturated heterocycles. The molecule has 2 atom stereocenters. The minimum absolute atomic E-state index is 0.390. The fourth-order valence-corrected chi connectivity index (χ4v) is 1.32. The number of hydrogen-bond acceptors (Lipinski definition) is 2. The third-order valence-corrected chi connectivity index (χ3v) is 2.81. The normalized spacial score (nSPS) is 18.2. The summed E-state index contributed by atoms with van der Waals surface area (Å²) < 4.78 is 0. The lowest BCUT2D eigenvalue weighted by Crippen LogP contribution is -2.49. The van der Waals surface area contributed by atoms with Crippen molar-refractivity contribution >= 4 is 10.2 Å². The lowest BCUT2D eigenvalue weighted by Gasteiger charge is -2.25. The Labute approximate surface area is 86.3 Å². The highest BCUT2D eigenvalue weighted by Crippen LogP contribution is 1.96. The van der Waals surface area contributed by atoms with Crippen molar-refractivity contribution in [2.75, 3.05) is 0 Å². The van der Waals surface area contributed by atoms with E-state index in [4.69, 9.17) is 0 Å². The maximum Gasteiger partial charge on any atom is 0.0544 e. The molecule has 2 nitrogen and oxygen atoms in total. The Bertz CT molecular complexity index is 107. The zero-order valence-electron chi connectivity index (χ0n) is 9.35. The smallest absolute Gasteiger partial charge is 0.0544 e. The van der Waals surface area contributed by atoms with Crippen molar-refractivity contribution in [3.05, 3.63) is 0 Å². The van der Waals surface area contributed by atoms with E-state index >= 15 is 0 Å². The largest absolute Gasteiger partial charge is 0.300 e. The van der Waals surface area contributed by atoms with Gasteiger partial charge in [-0.15, -0.1) is 0 Å². The Morgan fingerprint density at radius 3 is 1.62 bits per heavy atom. The van der Waals surface area contributed by atoms with Gasteiger partial charge in [-0.1, -0.05) is 13.8 Å². The second-order valence-corrected chi connectivity index (χ2v) is 4.12. The topological polar surface area (TPSA) is 24.1 Å². The summed E-state index contributed by atoms with van der Waals surface area (Å²) in [7, 11) is 3.55. The van der Waals surface area contributed by atoms with E-state index in [9.17, 15) is 0 Å². The predicted octanol–water partition coefficient (Wildman–Crippen LogP) is 1.68. The average molecular weight is 199 g/mol. The second kappa shape index (κ2) is 7.53. The molecular weight excluding hydrogens is 176 g/mol. The van der Waals surface area contributed by atoms with Crippen LogP contribution in [0.25, 0.3) is 0 Å². The standard InChI is InChI=1S/C10H23N2Si/c1-5-8(3)11-10(7-13)12-9(4)6-2/h8-12H,5-7H2,1-4H3. The van der Waals surface area contributed by atoms with Gasteiger partial charge >= 0.3 is 0 Å². The molecule has 77 valence electrons. The first-order chi connectivity index (χ1) is 6.13. The number of hydrogen-bond donors (Lipinski definition) is 2. The summed E-state index contributed by atoms with van der Waals surface area (Å²) in [6, 6.07) is 2.12. The van der Waals surface area contributed by atoms with Crippen LogP contribution >= 0.6 is 0 Å². The van der Waals surface area contributed by atoms with E-state index in [-0.39, 0.29) is 0 Å². The van der Waals surface area contributed by atoms with E-state index in [0.29, 0.717) is 18.2 Å². The van der Waals surface area contributed by atoms with Gasteiger partial charge in [-0.25, -0.2) is 0 Å². The highest BCUT2D eigenvalue weighted by atomic mass is 28.1. The molecular formula is C10H23N2Si. The lowest BCUT2D eigenvalue weighted by atomic mass is 10.2. The van der Waals surface area contributed by atoms with E-state index in [1.165, 1.54) is 12.8 Å². The molecule has 0 spiro atoms. The fourth-order valence-electron chi connectivity index (χ4n) is 1.09. The van der Waals surface area contributed by atoms with Gasteiger partial charge in [0.15, 0.2) is 0 Å². The molecule has 0 amide bonds. The van der Waals surface area contributed by atoms with Crippen molar-refractivity contribution < 1.29 is 0 Å². The molecule has 2 N–H and O–H groups in total. The zero-order valence-corrected chi connectivity index (χ0v) is 10.4. The Hall–Kier alpha value is 0.137. The Morgan fingerprint density at radius 2 is 1.38 bits per heavy atom. The number of rotatable bonds is 7. The Balaban J connectivity index is 3.74. The third kappa shape index (κ3) is 6.24. The molecule has 0 aliphatic heterocycles. The lowest BCUT2D eigenvalue weighted by molar-refractivity contribution is 0.361. The quantitative estimate of drug-likeness (QED) is 0.481. The van der Waals surface area contributed by atoms with Crippen LogP contribution in [-0.2, 0) is 0 Å². The van der Waals surface area contributed by atoms with Crippen LogP contribution in [0.4, 0.5) is 0 Å². The Morgan fingerprint density at radius 1 is 1.00 bits per heavy atom. The van der Waals surface area contributed by atoms with Gasteiger partial charge in [0.05, 0.1) is 6.17 Å². The molecule has 0 fully saturated rings. The SMILES string of the molecule is CCC(C)NC(C[Si])NC(C)CC.